The Bertz CT molecular complexity index is 921. The lowest BCUT2D eigenvalue weighted by molar-refractivity contribution is 0.0913. The fourth-order valence-corrected chi connectivity index (χ4v) is 3.61. The molecular weight excluding hydrogens is 378 g/mol. The fourth-order valence-electron chi connectivity index (χ4n) is 3.61. The van der Waals surface area contributed by atoms with E-state index in [0.717, 1.165) is 51.3 Å². The lowest BCUT2D eigenvalue weighted by atomic mass is 10.2. The van der Waals surface area contributed by atoms with Gasteiger partial charge in [-0.3, -0.25) is 9.69 Å². The molecule has 0 unspecified atom stereocenters. The zero-order valence-corrected chi connectivity index (χ0v) is 17.0. The summed E-state index contributed by atoms with van der Waals surface area (Å²) in [5, 5.41) is 10.7. The molecule has 0 saturated carbocycles. The number of hydrogen-bond acceptors (Lipinski definition) is 6. The third-order valence-corrected chi connectivity index (χ3v) is 5.29. The molecule has 156 valence electrons. The van der Waals surface area contributed by atoms with Gasteiger partial charge in [-0.15, -0.1) is 10.2 Å². The zero-order chi connectivity index (χ0) is 20.6. The normalized spacial score (nSPS) is 15.2. The highest BCUT2D eigenvalue weighted by Crippen LogP contribution is 2.16. The molecular formula is C23H27N5O2. The lowest BCUT2D eigenvalue weighted by Crippen LogP contribution is -2.46. The number of piperazine rings is 1. The Morgan fingerprint density at radius 3 is 2.30 bits per heavy atom. The van der Waals surface area contributed by atoms with E-state index in [1.807, 2.05) is 30.3 Å². The maximum Gasteiger partial charge on any atom is 0.308 e. The Morgan fingerprint density at radius 2 is 1.57 bits per heavy atom. The van der Waals surface area contributed by atoms with Crippen LogP contribution in [0.1, 0.15) is 22.7 Å². The maximum atomic E-state index is 12.2. The van der Waals surface area contributed by atoms with Crippen molar-refractivity contribution in [2.75, 3.05) is 39.3 Å². The van der Waals surface area contributed by atoms with Crippen molar-refractivity contribution in [2.45, 2.75) is 13.0 Å². The van der Waals surface area contributed by atoms with Gasteiger partial charge in [0.1, 0.15) is 0 Å². The molecule has 2 heterocycles. The predicted molar refractivity (Wildman–Crippen MR) is 115 cm³/mol. The summed E-state index contributed by atoms with van der Waals surface area (Å²) >= 11 is 0. The lowest BCUT2D eigenvalue weighted by Gasteiger charge is -2.34. The summed E-state index contributed by atoms with van der Waals surface area (Å²) in [4.78, 5) is 17.2. The largest absolute Gasteiger partial charge is 0.412 e. The Hall–Kier alpha value is -3.03. The van der Waals surface area contributed by atoms with E-state index in [1.54, 1.807) is 0 Å². The van der Waals surface area contributed by atoms with E-state index in [0.29, 0.717) is 12.4 Å². The number of hydrogen-bond donors (Lipinski definition) is 1. The minimum Gasteiger partial charge on any atom is -0.412 e. The van der Waals surface area contributed by atoms with Crippen molar-refractivity contribution in [3.05, 3.63) is 72.1 Å². The predicted octanol–water partition coefficient (Wildman–Crippen LogP) is 2.67. The number of rotatable bonds is 8. The molecule has 1 amide bonds. The standard InChI is InChI=1S/C23H27N5O2/c29-21(23-26-25-22(30-23)20-10-5-2-6-11-20)24-12-7-13-27-14-16-28(17-15-27)18-19-8-3-1-4-9-19/h1-6,8-11H,7,12-18H2,(H,24,29). The summed E-state index contributed by atoms with van der Waals surface area (Å²) in [6.07, 6.45) is 0.893. The number of aromatic nitrogens is 2. The average molecular weight is 406 g/mol. The Balaban J connectivity index is 1.14. The highest BCUT2D eigenvalue weighted by Gasteiger charge is 2.18. The second-order valence-electron chi connectivity index (χ2n) is 7.49. The molecule has 1 fully saturated rings. The molecule has 1 N–H and O–H groups in total. The quantitative estimate of drug-likeness (QED) is 0.581. The zero-order valence-electron chi connectivity index (χ0n) is 17.0. The van der Waals surface area contributed by atoms with Gasteiger partial charge in [0, 0.05) is 44.8 Å². The molecule has 1 saturated heterocycles. The Morgan fingerprint density at radius 1 is 0.900 bits per heavy atom. The smallest absolute Gasteiger partial charge is 0.308 e. The number of benzene rings is 2. The van der Waals surface area contributed by atoms with Crippen molar-refractivity contribution in [1.29, 1.82) is 0 Å². The van der Waals surface area contributed by atoms with Crippen molar-refractivity contribution >= 4 is 5.91 Å². The first kappa shape index (κ1) is 20.3. The Labute approximate surface area is 176 Å². The molecule has 1 aliphatic heterocycles. The van der Waals surface area contributed by atoms with Crippen molar-refractivity contribution in [3.63, 3.8) is 0 Å². The highest BCUT2D eigenvalue weighted by molar-refractivity contribution is 5.89. The minimum absolute atomic E-state index is 0.00313. The summed E-state index contributed by atoms with van der Waals surface area (Å²) in [6, 6.07) is 20.0. The molecule has 1 aliphatic rings. The summed E-state index contributed by atoms with van der Waals surface area (Å²) in [5.74, 6) is 0.0369. The van der Waals surface area contributed by atoms with Crippen LogP contribution in [-0.4, -0.2) is 65.2 Å². The molecule has 0 atom stereocenters. The second-order valence-corrected chi connectivity index (χ2v) is 7.49. The first-order valence-electron chi connectivity index (χ1n) is 10.4. The molecule has 4 rings (SSSR count). The first-order chi connectivity index (χ1) is 14.8. The molecule has 7 nitrogen and oxygen atoms in total. The van der Waals surface area contributed by atoms with Crippen LogP contribution in [0, 0.1) is 0 Å². The van der Waals surface area contributed by atoms with Gasteiger partial charge in [-0.25, -0.2) is 0 Å². The number of carbonyl (C=O) groups is 1. The summed E-state index contributed by atoms with van der Waals surface area (Å²) in [5.41, 5.74) is 2.17. The van der Waals surface area contributed by atoms with Gasteiger partial charge < -0.3 is 14.6 Å². The van der Waals surface area contributed by atoms with Crippen LogP contribution in [-0.2, 0) is 6.54 Å². The topological polar surface area (TPSA) is 74.5 Å². The highest BCUT2D eigenvalue weighted by atomic mass is 16.4. The number of nitrogens with one attached hydrogen (secondary N) is 1. The number of nitrogens with zero attached hydrogens (tertiary/aromatic N) is 4. The van der Waals surface area contributed by atoms with Gasteiger partial charge in [0.05, 0.1) is 0 Å². The van der Waals surface area contributed by atoms with Crippen LogP contribution in [0.4, 0.5) is 0 Å². The summed E-state index contributed by atoms with van der Waals surface area (Å²) in [6.45, 7) is 6.84. The van der Waals surface area contributed by atoms with Gasteiger partial charge in [0.2, 0.25) is 5.89 Å². The molecule has 30 heavy (non-hydrogen) atoms. The van der Waals surface area contributed by atoms with Crippen LogP contribution in [0.3, 0.4) is 0 Å². The molecule has 3 aromatic rings. The summed E-state index contributed by atoms with van der Waals surface area (Å²) in [7, 11) is 0. The van der Waals surface area contributed by atoms with Crippen LogP contribution in [0.15, 0.2) is 65.1 Å². The Kier molecular flexibility index (Phi) is 6.84. The van der Waals surface area contributed by atoms with Crippen LogP contribution < -0.4 is 5.32 Å². The van der Waals surface area contributed by atoms with Gasteiger partial charge in [0.25, 0.3) is 0 Å². The number of amides is 1. The van der Waals surface area contributed by atoms with Gasteiger partial charge in [-0.1, -0.05) is 48.5 Å². The van der Waals surface area contributed by atoms with Crippen LogP contribution in [0.25, 0.3) is 11.5 Å². The van der Waals surface area contributed by atoms with Crippen molar-refractivity contribution in [1.82, 2.24) is 25.3 Å². The molecule has 2 aromatic carbocycles. The van der Waals surface area contributed by atoms with Crippen molar-refractivity contribution in [2.24, 2.45) is 0 Å². The SMILES string of the molecule is O=C(NCCCN1CCN(Cc2ccccc2)CC1)c1nnc(-c2ccccc2)o1. The monoisotopic (exact) mass is 405 g/mol. The van der Waals surface area contributed by atoms with Gasteiger partial charge in [0.15, 0.2) is 0 Å². The number of carbonyl (C=O) groups excluding carboxylic acids is 1. The van der Waals surface area contributed by atoms with E-state index in [1.165, 1.54) is 5.56 Å². The molecule has 0 aliphatic carbocycles. The van der Waals surface area contributed by atoms with Crippen LogP contribution in [0.5, 0.6) is 0 Å². The molecule has 1 aromatic heterocycles. The fraction of sp³-hybridized carbons (Fsp3) is 0.348. The van der Waals surface area contributed by atoms with E-state index in [4.69, 9.17) is 4.42 Å². The van der Waals surface area contributed by atoms with E-state index in [9.17, 15) is 4.79 Å². The first-order valence-corrected chi connectivity index (χ1v) is 10.4. The maximum absolute atomic E-state index is 12.2. The molecule has 0 radical (unpaired) electrons. The van der Waals surface area contributed by atoms with Crippen molar-refractivity contribution in [3.8, 4) is 11.5 Å². The van der Waals surface area contributed by atoms with Gasteiger partial charge in [-0.2, -0.15) is 0 Å². The average Bonchev–Trinajstić information content (AvgIpc) is 3.30. The minimum atomic E-state index is -0.322. The molecule has 0 spiro atoms. The molecule has 0 bridgehead atoms. The van der Waals surface area contributed by atoms with Gasteiger partial charge in [-0.05, 0) is 30.7 Å². The van der Waals surface area contributed by atoms with Gasteiger partial charge >= 0.3 is 11.8 Å². The van der Waals surface area contributed by atoms with Crippen LogP contribution in [0.2, 0.25) is 0 Å². The third-order valence-electron chi connectivity index (χ3n) is 5.29. The molecule has 7 heteroatoms. The third kappa shape index (κ3) is 5.52. The van der Waals surface area contributed by atoms with E-state index < -0.39 is 0 Å². The van der Waals surface area contributed by atoms with E-state index in [-0.39, 0.29) is 11.8 Å². The summed E-state index contributed by atoms with van der Waals surface area (Å²) < 4.78 is 5.49. The van der Waals surface area contributed by atoms with E-state index in [2.05, 4.69) is 55.6 Å². The van der Waals surface area contributed by atoms with Crippen LogP contribution >= 0.6 is 0 Å². The van der Waals surface area contributed by atoms with E-state index >= 15 is 0 Å². The van der Waals surface area contributed by atoms with Crippen molar-refractivity contribution < 1.29 is 9.21 Å². The second kappa shape index (κ2) is 10.1.